The average Bonchev–Trinajstić information content (AvgIpc) is 2.22. The normalized spacial score (nSPS) is 19.1. The third-order valence-corrected chi connectivity index (χ3v) is 2.81. The summed E-state index contributed by atoms with van der Waals surface area (Å²) in [4.78, 5) is 8.25. The zero-order chi connectivity index (χ0) is 12.4. The summed E-state index contributed by atoms with van der Waals surface area (Å²) in [7, 11) is 0. The summed E-state index contributed by atoms with van der Waals surface area (Å²) in [6.07, 6.45) is -0.207. The van der Waals surface area contributed by atoms with Crippen LogP contribution in [0.4, 0.5) is 5.69 Å². The molecule has 0 bridgehead atoms. The molecule has 1 heterocycles. The van der Waals surface area contributed by atoms with Gasteiger partial charge in [-0.2, -0.15) is 0 Å². The Kier molecular flexibility index (Phi) is 3.40. The van der Waals surface area contributed by atoms with Crippen molar-refractivity contribution in [3.63, 3.8) is 0 Å². The SMILES string of the molecule is CC1N=C(N)NC(Nc2ccc(Cl)c(Cl)c2)=N1. The number of nitrogens with zero attached hydrogens (tertiary/aromatic N) is 2. The minimum absolute atomic E-state index is 0.207. The molecule has 7 heteroatoms. The molecule has 2 rings (SSSR count). The number of halogens is 2. The number of nitrogens with one attached hydrogen (secondary N) is 2. The predicted molar refractivity (Wildman–Crippen MR) is 71.7 cm³/mol. The van der Waals surface area contributed by atoms with Crippen molar-refractivity contribution in [3.05, 3.63) is 28.2 Å². The summed E-state index contributed by atoms with van der Waals surface area (Å²) >= 11 is 11.7. The number of hydrogen-bond donors (Lipinski definition) is 3. The summed E-state index contributed by atoms with van der Waals surface area (Å²) in [6, 6.07) is 5.21. The smallest absolute Gasteiger partial charge is 0.204 e. The molecule has 0 aromatic heterocycles. The zero-order valence-corrected chi connectivity index (χ0v) is 10.5. The lowest BCUT2D eigenvalue weighted by atomic mass is 10.3. The van der Waals surface area contributed by atoms with Gasteiger partial charge in [0.1, 0.15) is 6.17 Å². The number of aliphatic imine (C=N–C) groups is 2. The summed E-state index contributed by atoms with van der Waals surface area (Å²) in [5.74, 6) is 0.860. The molecule has 5 nitrogen and oxygen atoms in total. The zero-order valence-electron chi connectivity index (χ0n) is 9.04. The number of hydrogen-bond acceptors (Lipinski definition) is 5. The molecule has 1 aromatic carbocycles. The number of anilines is 1. The highest BCUT2D eigenvalue weighted by Crippen LogP contribution is 2.24. The number of nitrogens with two attached hydrogens (primary N) is 1. The maximum absolute atomic E-state index is 5.91. The molecule has 1 aromatic rings. The number of benzene rings is 1. The topological polar surface area (TPSA) is 74.8 Å². The lowest BCUT2D eigenvalue weighted by Gasteiger charge is -2.18. The van der Waals surface area contributed by atoms with Crippen LogP contribution in [-0.2, 0) is 0 Å². The average molecular weight is 272 g/mol. The summed E-state index contributed by atoms with van der Waals surface area (Å²) in [6.45, 7) is 1.84. The molecule has 1 aliphatic heterocycles. The lowest BCUT2D eigenvalue weighted by Crippen LogP contribution is -2.44. The van der Waals surface area contributed by atoms with E-state index in [9.17, 15) is 0 Å². The Bertz CT molecular complexity index is 497. The Morgan fingerprint density at radius 1 is 1.29 bits per heavy atom. The molecule has 0 spiro atoms. The quantitative estimate of drug-likeness (QED) is 0.732. The first-order chi connectivity index (χ1) is 8.04. The minimum Gasteiger partial charge on any atom is -0.370 e. The molecule has 0 amide bonds. The van der Waals surface area contributed by atoms with Crippen molar-refractivity contribution in [2.75, 3.05) is 5.32 Å². The molecule has 1 unspecified atom stereocenters. The van der Waals surface area contributed by atoms with Crippen molar-refractivity contribution in [1.29, 1.82) is 0 Å². The van der Waals surface area contributed by atoms with Crippen LogP contribution in [0.5, 0.6) is 0 Å². The van der Waals surface area contributed by atoms with Crippen molar-refractivity contribution in [2.45, 2.75) is 13.1 Å². The summed E-state index contributed by atoms with van der Waals surface area (Å²) in [5.41, 5.74) is 6.36. The highest BCUT2D eigenvalue weighted by atomic mass is 35.5. The van der Waals surface area contributed by atoms with Gasteiger partial charge in [-0.05, 0) is 25.1 Å². The molecule has 0 fully saturated rings. The Balaban J connectivity index is 2.14. The van der Waals surface area contributed by atoms with Crippen LogP contribution in [0.1, 0.15) is 6.92 Å². The number of rotatable bonds is 1. The second kappa shape index (κ2) is 4.81. The molecule has 0 saturated carbocycles. The van der Waals surface area contributed by atoms with Crippen LogP contribution < -0.4 is 16.4 Å². The van der Waals surface area contributed by atoms with E-state index in [0.29, 0.717) is 22.0 Å². The van der Waals surface area contributed by atoms with Gasteiger partial charge in [-0.3, -0.25) is 5.32 Å². The third-order valence-electron chi connectivity index (χ3n) is 2.07. The Morgan fingerprint density at radius 2 is 2.06 bits per heavy atom. The maximum Gasteiger partial charge on any atom is 0.204 e. The van der Waals surface area contributed by atoms with Crippen LogP contribution >= 0.6 is 23.2 Å². The third kappa shape index (κ3) is 3.01. The fourth-order valence-electron chi connectivity index (χ4n) is 1.38. The first-order valence-corrected chi connectivity index (χ1v) is 5.70. The van der Waals surface area contributed by atoms with E-state index in [0.717, 1.165) is 5.69 Å². The van der Waals surface area contributed by atoms with Crippen LogP contribution in [0.3, 0.4) is 0 Å². The van der Waals surface area contributed by atoms with Gasteiger partial charge in [0.15, 0.2) is 5.96 Å². The van der Waals surface area contributed by atoms with Gasteiger partial charge in [0, 0.05) is 5.69 Å². The van der Waals surface area contributed by atoms with Gasteiger partial charge < -0.3 is 11.1 Å². The monoisotopic (exact) mass is 271 g/mol. The van der Waals surface area contributed by atoms with E-state index >= 15 is 0 Å². The van der Waals surface area contributed by atoms with Crippen molar-refractivity contribution in [1.82, 2.24) is 5.32 Å². The van der Waals surface area contributed by atoms with Gasteiger partial charge in [-0.15, -0.1) is 0 Å². The minimum atomic E-state index is -0.207. The standard InChI is InChI=1S/C10H11Cl2N5/c1-5-14-9(13)17-10(15-5)16-6-2-3-7(11)8(12)4-6/h2-5H,1H3,(H4,13,14,15,16,17). The van der Waals surface area contributed by atoms with Crippen molar-refractivity contribution < 1.29 is 0 Å². The van der Waals surface area contributed by atoms with Crippen LogP contribution in [-0.4, -0.2) is 18.1 Å². The molecule has 90 valence electrons. The van der Waals surface area contributed by atoms with E-state index in [-0.39, 0.29) is 6.17 Å². The van der Waals surface area contributed by atoms with Crippen LogP contribution in [0.25, 0.3) is 0 Å². The van der Waals surface area contributed by atoms with E-state index in [1.807, 2.05) is 6.92 Å². The highest BCUT2D eigenvalue weighted by Gasteiger charge is 2.11. The van der Waals surface area contributed by atoms with Gasteiger partial charge in [-0.1, -0.05) is 23.2 Å². The molecule has 1 atom stereocenters. The maximum atomic E-state index is 5.91. The largest absolute Gasteiger partial charge is 0.370 e. The van der Waals surface area contributed by atoms with Gasteiger partial charge in [0.2, 0.25) is 5.96 Å². The van der Waals surface area contributed by atoms with Crippen molar-refractivity contribution in [2.24, 2.45) is 15.7 Å². The van der Waals surface area contributed by atoms with E-state index in [4.69, 9.17) is 28.9 Å². The Labute approximate surface area is 109 Å². The van der Waals surface area contributed by atoms with Crippen molar-refractivity contribution >= 4 is 40.8 Å². The van der Waals surface area contributed by atoms with E-state index in [1.165, 1.54) is 0 Å². The first-order valence-electron chi connectivity index (χ1n) is 4.95. The molecule has 17 heavy (non-hydrogen) atoms. The fourth-order valence-corrected chi connectivity index (χ4v) is 1.68. The molecule has 0 saturated heterocycles. The van der Waals surface area contributed by atoms with E-state index < -0.39 is 0 Å². The molecule has 0 radical (unpaired) electrons. The Hall–Kier alpha value is -1.46. The highest BCUT2D eigenvalue weighted by molar-refractivity contribution is 6.42. The number of guanidine groups is 2. The van der Waals surface area contributed by atoms with Gasteiger partial charge in [-0.25, -0.2) is 9.98 Å². The fraction of sp³-hybridized carbons (Fsp3) is 0.200. The molecular weight excluding hydrogens is 261 g/mol. The van der Waals surface area contributed by atoms with Crippen molar-refractivity contribution in [3.8, 4) is 0 Å². The van der Waals surface area contributed by atoms with Crippen LogP contribution in [0.15, 0.2) is 28.2 Å². The van der Waals surface area contributed by atoms with Crippen LogP contribution in [0.2, 0.25) is 10.0 Å². The Morgan fingerprint density at radius 3 is 2.71 bits per heavy atom. The molecule has 4 N–H and O–H groups in total. The van der Waals surface area contributed by atoms with Gasteiger partial charge >= 0.3 is 0 Å². The molecular formula is C10H11Cl2N5. The molecule has 0 aliphatic carbocycles. The first kappa shape index (κ1) is 12.0. The van der Waals surface area contributed by atoms with E-state index in [1.54, 1.807) is 18.2 Å². The predicted octanol–water partition coefficient (Wildman–Crippen LogP) is 2.03. The van der Waals surface area contributed by atoms with Gasteiger partial charge in [0.25, 0.3) is 0 Å². The molecule has 1 aliphatic rings. The summed E-state index contributed by atoms with van der Waals surface area (Å²) < 4.78 is 0. The second-order valence-corrected chi connectivity index (χ2v) is 4.32. The second-order valence-electron chi connectivity index (χ2n) is 3.50. The lowest BCUT2D eigenvalue weighted by molar-refractivity contribution is 0.766. The van der Waals surface area contributed by atoms with Crippen LogP contribution in [0, 0.1) is 0 Å². The summed E-state index contributed by atoms with van der Waals surface area (Å²) in [5, 5.41) is 6.84. The van der Waals surface area contributed by atoms with E-state index in [2.05, 4.69) is 20.6 Å². The van der Waals surface area contributed by atoms with Gasteiger partial charge in [0.05, 0.1) is 10.0 Å².